The minimum atomic E-state index is 0.556. The summed E-state index contributed by atoms with van der Waals surface area (Å²) in [4.78, 5) is 0. The van der Waals surface area contributed by atoms with E-state index in [0.29, 0.717) is 6.33 Å². The van der Waals surface area contributed by atoms with Crippen molar-refractivity contribution in [3.05, 3.63) is 12.4 Å². The highest BCUT2D eigenvalue weighted by molar-refractivity contribution is 4.67. The molecule has 0 spiro atoms. The lowest BCUT2D eigenvalue weighted by Gasteiger charge is -1.62. The summed E-state index contributed by atoms with van der Waals surface area (Å²) in [5.74, 6) is 0. The van der Waals surface area contributed by atoms with E-state index in [-0.39, 0.29) is 0 Å². The molecule has 0 saturated heterocycles. The SMILES string of the molecule is CC/C=C/[18F]. The van der Waals surface area contributed by atoms with E-state index in [2.05, 4.69) is 0 Å². The fourth-order valence-corrected chi connectivity index (χ4v) is 0.0891. The Hall–Kier alpha value is -0.330. The van der Waals surface area contributed by atoms with Crippen molar-refractivity contribution in [1.82, 2.24) is 0 Å². The van der Waals surface area contributed by atoms with E-state index in [1.54, 1.807) is 0 Å². The van der Waals surface area contributed by atoms with Crippen LogP contribution in [0.2, 0.25) is 0 Å². The van der Waals surface area contributed by atoms with Crippen LogP contribution in [-0.4, -0.2) is 0 Å². The second-order valence-corrected chi connectivity index (χ2v) is 0.770. The molecule has 0 aromatic rings. The molecule has 0 unspecified atom stereocenters. The maximum absolute atomic E-state index is 10.8. The second kappa shape index (κ2) is 3.67. The van der Waals surface area contributed by atoms with Crippen molar-refractivity contribution in [2.45, 2.75) is 13.3 Å². The Morgan fingerprint density at radius 1 is 1.80 bits per heavy atom. The van der Waals surface area contributed by atoms with Crippen molar-refractivity contribution >= 4 is 0 Å². The third-order valence-corrected chi connectivity index (χ3v) is 0.325. The van der Waals surface area contributed by atoms with Crippen molar-refractivity contribution in [3.8, 4) is 0 Å². The second-order valence-electron chi connectivity index (χ2n) is 0.770. The first kappa shape index (κ1) is 4.67. The Morgan fingerprint density at radius 2 is 2.40 bits per heavy atom. The lowest BCUT2D eigenvalue weighted by Crippen LogP contribution is -1.42. The minimum Gasteiger partial charge on any atom is -0.216 e. The quantitative estimate of drug-likeness (QED) is 0.444. The summed E-state index contributed by atoms with van der Waals surface area (Å²) in [5.41, 5.74) is 0. The van der Waals surface area contributed by atoms with Crippen LogP contribution in [0, 0.1) is 0 Å². The van der Waals surface area contributed by atoms with Gasteiger partial charge in [-0.25, -0.2) is 4.39 Å². The van der Waals surface area contributed by atoms with Gasteiger partial charge in [-0.1, -0.05) is 13.0 Å². The normalized spacial score (nSPS) is 10.0. The molecular formula is C4H7F. The molecule has 0 aromatic heterocycles. The summed E-state index contributed by atoms with van der Waals surface area (Å²) in [6.07, 6.45) is 2.80. The zero-order chi connectivity index (χ0) is 4.12. The highest BCUT2D eigenvalue weighted by Gasteiger charge is 1.55. The summed E-state index contributed by atoms with van der Waals surface area (Å²) in [5, 5.41) is 0. The van der Waals surface area contributed by atoms with Crippen LogP contribution in [-0.2, 0) is 0 Å². The summed E-state index contributed by atoms with van der Waals surface area (Å²) < 4.78 is 10.8. The Bertz CT molecular complexity index is 30.6. The van der Waals surface area contributed by atoms with Crippen LogP contribution < -0.4 is 0 Å². The van der Waals surface area contributed by atoms with Crippen LogP contribution in [0.3, 0.4) is 0 Å². The van der Waals surface area contributed by atoms with Gasteiger partial charge in [-0.3, -0.25) is 0 Å². The van der Waals surface area contributed by atoms with Gasteiger partial charge in [0.1, 0.15) is 0 Å². The third kappa shape index (κ3) is 3.67. The third-order valence-electron chi connectivity index (χ3n) is 0.325. The molecule has 0 amide bonds. The molecule has 0 atom stereocenters. The van der Waals surface area contributed by atoms with E-state index in [1.165, 1.54) is 6.08 Å². The molecule has 0 aliphatic rings. The van der Waals surface area contributed by atoms with E-state index < -0.39 is 0 Å². The zero-order valence-corrected chi connectivity index (χ0v) is 3.24. The number of hydrogen-bond donors (Lipinski definition) is 0. The summed E-state index contributed by atoms with van der Waals surface area (Å²) >= 11 is 0. The van der Waals surface area contributed by atoms with E-state index in [9.17, 15) is 4.39 Å². The molecule has 0 fully saturated rings. The molecule has 0 aliphatic heterocycles. The molecule has 0 aromatic carbocycles. The predicted molar refractivity (Wildman–Crippen MR) is 20.5 cm³/mol. The van der Waals surface area contributed by atoms with Gasteiger partial charge in [0.25, 0.3) is 0 Å². The number of rotatable bonds is 1. The maximum atomic E-state index is 10.8. The van der Waals surface area contributed by atoms with E-state index in [4.69, 9.17) is 0 Å². The van der Waals surface area contributed by atoms with Gasteiger partial charge in [0.2, 0.25) is 0 Å². The Morgan fingerprint density at radius 3 is 2.40 bits per heavy atom. The van der Waals surface area contributed by atoms with E-state index in [1.807, 2.05) is 6.92 Å². The van der Waals surface area contributed by atoms with Gasteiger partial charge in [-0.15, -0.1) is 0 Å². The van der Waals surface area contributed by atoms with Gasteiger partial charge in [0, 0.05) is 0 Å². The first-order valence-electron chi connectivity index (χ1n) is 1.67. The average Bonchev–Trinajstić information content (AvgIpc) is 1.41. The Balaban J connectivity index is 2.62. The van der Waals surface area contributed by atoms with Crippen molar-refractivity contribution in [2.24, 2.45) is 0 Å². The zero-order valence-electron chi connectivity index (χ0n) is 3.24. The summed E-state index contributed by atoms with van der Waals surface area (Å²) in [7, 11) is 0. The van der Waals surface area contributed by atoms with Crippen molar-refractivity contribution in [1.29, 1.82) is 0 Å². The first-order chi connectivity index (χ1) is 2.41. The molecule has 5 heavy (non-hydrogen) atoms. The highest BCUT2D eigenvalue weighted by atomic mass is 18.2. The molecule has 0 N–H and O–H groups in total. The molecule has 0 nitrogen and oxygen atoms in total. The maximum Gasteiger partial charge on any atom is 0.0826 e. The number of hydrogen-bond acceptors (Lipinski definition) is 0. The molecule has 0 heterocycles. The van der Waals surface area contributed by atoms with Gasteiger partial charge < -0.3 is 0 Å². The van der Waals surface area contributed by atoms with Gasteiger partial charge in [0.05, 0.1) is 6.33 Å². The average molecular weight is 73.1 g/mol. The summed E-state index contributed by atoms with van der Waals surface area (Å²) in [6.45, 7) is 1.88. The van der Waals surface area contributed by atoms with Crippen LogP contribution in [0.5, 0.6) is 0 Å². The van der Waals surface area contributed by atoms with Gasteiger partial charge in [-0.2, -0.15) is 0 Å². The monoisotopic (exact) mass is 73.1 g/mol. The number of halogens is 1. The Labute approximate surface area is 31.3 Å². The van der Waals surface area contributed by atoms with Crippen molar-refractivity contribution < 1.29 is 4.39 Å². The van der Waals surface area contributed by atoms with Crippen LogP contribution >= 0.6 is 0 Å². The highest BCUT2D eigenvalue weighted by Crippen LogP contribution is 1.76. The van der Waals surface area contributed by atoms with Gasteiger partial charge in [-0.05, 0) is 6.42 Å². The van der Waals surface area contributed by atoms with Crippen LogP contribution in [0.1, 0.15) is 13.3 Å². The molecule has 0 bridgehead atoms. The fourth-order valence-electron chi connectivity index (χ4n) is 0.0891. The van der Waals surface area contributed by atoms with Gasteiger partial charge in [0.15, 0.2) is 0 Å². The largest absolute Gasteiger partial charge is 0.216 e. The number of allylic oxidation sites excluding steroid dienone is 1. The Kier molecular flexibility index (Phi) is 3.43. The van der Waals surface area contributed by atoms with Crippen molar-refractivity contribution in [3.63, 3.8) is 0 Å². The van der Waals surface area contributed by atoms with Gasteiger partial charge >= 0.3 is 0 Å². The van der Waals surface area contributed by atoms with E-state index >= 15 is 0 Å². The predicted octanol–water partition coefficient (Wildman–Crippen LogP) is 1.88. The molecule has 0 saturated carbocycles. The van der Waals surface area contributed by atoms with Crippen LogP contribution in [0.25, 0.3) is 0 Å². The molecule has 0 rings (SSSR count). The molecule has 1 heteroatoms. The summed E-state index contributed by atoms with van der Waals surface area (Å²) in [6, 6.07) is 0. The topological polar surface area (TPSA) is 0 Å². The standard InChI is InChI=1S/C4H7F/c1-2-3-4-5/h3-4H,2H2,1H3/b4-3+/i5-1. The van der Waals surface area contributed by atoms with Crippen LogP contribution in [0.15, 0.2) is 12.4 Å². The lowest BCUT2D eigenvalue weighted by atomic mass is 10.5. The lowest BCUT2D eigenvalue weighted by molar-refractivity contribution is 0.715. The molecule has 30 valence electrons. The molecular weight excluding hydrogens is 66.0 g/mol. The van der Waals surface area contributed by atoms with E-state index in [0.717, 1.165) is 6.42 Å². The molecule has 0 aliphatic carbocycles. The first-order valence-corrected chi connectivity index (χ1v) is 1.67. The smallest absolute Gasteiger partial charge is 0.0826 e. The minimum absolute atomic E-state index is 0.556. The van der Waals surface area contributed by atoms with Crippen molar-refractivity contribution in [2.75, 3.05) is 0 Å². The fraction of sp³-hybridized carbons (Fsp3) is 0.500. The molecule has 0 radical (unpaired) electrons. The van der Waals surface area contributed by atoms with Crippen LogP contribution in [0.4, 0.5) is 4.39 Å².